The van der Waals surface area contributed by atoms with E-state index in [1.807, 2.05) is 0 Å². The lowest BCUT2D eigenvalue weighted by molar-refractivity contribution is -0.189. The topological polar surface area (TPSA) is 64.3 Å². The molecule has 0 saturated heterocycles. The Balaban J connectivity index is 2.78. The molecular formula is C10H16N2O2. The molecule has 0 unspecified atom stereocenters. The minimum atomic E-state index is -0.953. The summed E-state index contributed by atoms with van der Waals surface area (Å²) in [4.78, 5) is 11.3. The number of hydrogen-bond donors (Lipinski definition) is 1. The number of hydroxylamine groups is 2. The van der Waals surface area contributed by atoms with Crippen LogP contribution in [0.15, 0.2) is 0 Å². The summed E-state index contributed by atoms with van der Waals surface area (Å²) in [5.74, 6) is -0.367. The molecule has 1 N–H and O–H groups in total. The first-order valence-corrected chi connectivity index (χ1v) is 5.09. The zero-order chi connectivity index (χ0) is 10.6. The lowest BCUT2D eigenvalue weighted by Gasteiger charge is -2.36. The number of carbonyl (C=O) groups excluding carboxylic acids is 1. The molecule has 0 bridgehead atoms. The Morgan fingerprint density at radius 1 is 1.50 bits per heavy atom. The van der Waals surface area contributed by atoms with Crippen LogP contribution in [0.2, 0.25) is 0 Å². The summed E-state index contributed by atoms with van der Waals surface area (Å²) in [6.45, 7) is 1.68. The van der Waals surface area contributed by atoms with Gasteiger partial charge in [0.1, 0.15) is 0 Å². The van der Waals surface area contributed by atoms with Crippen LogP contribution in [0.5, 0.6) is 0 Å². The predicted octanol–water partition coefficient (Wildman–Crippen LogP) is 1.84. The van der Waals surface area contributed by atoms with Crippen molar-refractivity contribution in [3.05, 3.63) is 0 Å². The number of nitrogens with zero attached hydrogens (tertiary/aromatic N) is 2. The molecule has 4 heteroatoms. The third kappa shape index (κ3) is 1.88. The molecule has 0 heterocycles. The van der Waals surface area contributed by atoms with Crippen LogP contribution in [0, 0.1) is 11.3 Å². The fraction of sp³-hybridized carbons (Fsp3) is 0.800. The number of carbonyl (C=O) groups is 1. The van der Waals surface area contributed by atoms with Crippen LogP contribution >= 0.6 is 0 Å². The molecule has 0 aliphatic heterocycles. The normalized spacial score (nSPS) is 19.8. The van der Waals surface area contributed by atoms with E-state index < -0.39 is 5.54 Å². The SMILES string of the molecule is CCC(=O)N(O)C1(C#N)CCCCC1. The first-order chi connectivity index (χ1) is 6.66. The highest BCUT2D eigenvalue weighted by Crippen LogP contribution is 2.32. The maximum absolute atomic E-state index is 11.3. The van der Waals surface area contributed by atoms with Gasteiger partial charge in [-0.15, -0.1) is 0 Å². The summed E-state index contributed by atoms with van der Waals surface area (Å²) in [5, 5.41) is 19.4. The Hall–Kier alpha value is -1.08. The zero-order valence-corrected chi connectivity index (χ0v) is 8.49. The van der Waals surface area contributed by atoms with E-state index in [2.05, 4.69) is 6.07 Å². The van der Waals surface area contributed by atoms with Crippen molar-refractivity contribution in [3.8, 4) is 6.07 Å². The molecule has 0 spiro atoms. The van der Waals surface area contributed by atoms with Crippen molar-refractivity contribution in [1.82, 2.24) is 5.06 Å². The second-order valence-corrected chi connectivity index (χ2v) is 3.76. The van der Waals surface area contributed by atoms with Crippen LogP contribution in [0.3, 0.4) is 0 Å². The highest BCUT2D eigenvalue weighted by molar-refractivity contribution is 5.75. The molecule has 0 aromatic heterocycles. The number of hydrogen-bond acceptors (Lipinski definition) is 3. The van der Waals surface area contributed by atoms with Gasteiger partial charge in [0.2, 0.25) is 5.91 Å². The molecule has 0 aromatic carbocycles. The summed E-state index contributed by atoms with van der Waals surface area (Å²) in [7, 11) is 0. The van der Waals surface area contributed by atoms with E-state index in [4.69, 9.17) is 5.26 Å². The van der Waals surface area contributed by atoms with Crippen molar-refractivity contribution in [1.29, 1.82) is 5.26 Å². The van der Waals surface area contributed by atoms with Gasteiger partial charge in [-0.1, -0.05) is 13.3 Å². The monoisotopic (exact) mass is 196 g/mol. The molecule has 1 amide bonds. The van der Waals surface area contributed by atoms with Gasteiger partial charge in [-0.25, -0.2) is 5.06 Å². The van der Waals surface area contributed by atoms with Gasteiger partial charge in [0.15, 0.2) is 5.54 Å². The highest BCUT2D eigenvalue weighted by atomic mass is 16.5. The quantitative estimate of drug-likeness (QED) is 0.541. The molecule has 1 aliphatic rings. The largest absolute Gasteiger partial charge is 0.284 e. The van der Waals surface area contributed by atoms with Gasteiger partial charge in [-0.3, -0.25) is 10.0 Å². The first-order valence-electron chi connectivity index (χ1n) is 5.09. The molecule has 1 fully saturated rings. The van der Waals surface area contributed by atoms with Crippen molar-refractivity contribution in [2.45, 2.75) is 51.0 Å². The summed E-state index contributed by atoms with van der Waals surface area (Å²) in [6, 6.07) is 2.09. The standard InChI is InChI=1S/C10H16N2O2/c1-2-9(13)12(14)10(8-11)6-4-3-5-7-10/h14H,2-7H2,1H3. The van der Waals surface area contributed by atoms with Crippen molar-refractivity contribution in [2.24, 2.45) is 0 Å². The Labute approximate surface area is 84.1 Å². The van der Waals surface area contributed by atoms with Crippen LogP contribution in [0.4, 0.5) is 0 Å². The lowest BCUT2D eigenvalue weighted by Crippen LogP contribution is -2.50. The summed E-state index contributed by atoms with van der Waals surface area (Å²) < 4.78 is 0. The van der Waals surface area contributed by atoms with Gasteiger partial charge < -0.3 is 0 Å². The minimum Gasteiger partial charge on any atom is -0.284 e. The maximum atomic E-state index is 11.3. The van der Waals surface area contributed by atoms with Crippen LogP contribution in [0.25, 0.3) is 0 Å². The van der Waals surface area contributed by atoms with E-state index in [0.29, 0.717) is 17.9 Å². The summed E-state index contributed by atoms with van der Waals surface area (Å²) >= 11 is 0. The lowest BCUT2D eigenvalue weighted by atomic mass is 9.82. The average Bonchev–Trinajstić information content (AvgIpc) is 2.28. The van der Waals surface area contributed by atoms with Crippen molar-refractivity contribution in [2.75, 3.05) is 0 Å². The maximum Gasteiger partial charge on any atom is 0.247 e. The van der Waals surface area contributed by atoms with Crippen LogP contribution in [-0.2, 0) is 4.79 Å². The number of rotatable bonds is 2. The molecule has 4 nitrogen and oxygen atoms in total. The van der Waals surface area contributed by atoms with Crippen molar-refractivity contribution < 1.29 is 10.0 Å². The third-order valence-corrected chi connectivity index (χ3v) is 2.83. The van der Waals surface area contributed by atoms with Gasteiger partial charge >= 0.3 is 0 Å². The van der Waals surface area contributed by atoms with Gasteiger partial charge in [-0.05, 0) is 25.7 Å². The highest BCUT2D eigenvalue weighted by Gasteiger charge is 2.40. The van der Waals surface area contributed by atoms with Crippen LogP contribution in [-0.4, -0.2) is 21.7 Å². The van der Waals surface area contributed by atoms with Crippen LogP contribution < -0.4 is 0 Å². The van der Waals surface area contributed by atoms with Gasteiger partial charge in [0.05, 0.1) is 6.07 Å². The van der Waals surface area contributed by atoms with Crippen LogP contribution in [0.1, 0.15) is 45.4 Å². The van der Waals surface area contributed by atoms with E-state index in [-0.39, 0.29) is 12.3 Å². The molecule has 1 saturated carbocycles. The second kappa shape index (κ2) is 4.43. The number of nitriles is 1. The average molecular weight is 196 g/mol. The van der Waals surface area contributed by atoms with E-state index in [1.165, 1.54) is 0 Å². The van der Waals surface area contributed by atoms with Crippen molar-refractivity contribution in [3.63, 3.8) is 0 Å². The fourth-order valence-electron chi connectivity index (χ4n) is 1.90. The molecule has 0 radical (unpaired) electrons. The second-order valence-electron chi connectivity index (χ2n) is 3.76. The third-order valence-electron chi connectivity index (χ3n) is 2.83. The zero-order valence-electron chi connectivity index (χ0n) is 8.49. The number of amides is 1. The predicted molar refractivity (Wildman–Crippen MR) is 50.4 cm³/mol. The molecule has 0 atom stereocenters. The molecule has 78 valence electrons. The molecule has 14 heavy (non-hydrogen) atoms. The van der Waals surface area contributed by atoms with Gasteiger partial charge in [-0.2, -0.15) is 5.26 Å². The van der Waals surface area contributed by atoms with E-state index in [9.17, 15) is 10.0 Å². The van der Waals surface area contributed by atoms with Gasteiger partial charge in [0, 0.05) is 6.42 Å². The summed E-state index contributed by atoms with van der Waals surface area (Å²) in [5.41, 5.74) is -0.953. The minimum absolute atomic E-state index is 0.236. The van der Waals surface area contributed by atoms with Gasteiger partial charge in [0.25, 0.3) is 0 Å². The Bertz CT molecular complexity index is 251. The molecule has 0 aromatic rings. The van der Waals surface area contributed by atoms with E-state index in [1.54, 1.807) is 6.92 Å². The Morgan fingerprint density at radius 2 is 2.07 bits per heavy atom. The van der Waals surface area contributed by atoms with E-state index >= 15 is 0 Å². The fourth-order valence-corrected chi connectivity index (χ4v) is 1.90. The molecule has 1 aliphatic carbocycles. The first kappa shape index (κ1) is 11.0. The van der Waals surface area contributed by atoms with Crippen molar-refractivity contribution >= 4 is 5.91 Å². The molecule has 1 rings (SSSR count). The van der Waals surface area contributed by atoms with E-state index in [0.717, 1.165) is 19.3 Å². The Kier molecular flexibility index (Phi) is 3.48. The Morgan fingerprint density at radius 3 is 2.50 bits per heavy atom. The summed E-state index contributed by atoms with van der Waals surface area (Å²) in [6.07, 6.45) is 4.30. The molecular weight excluding hydrogens is 180 g/mol. The smallest absolute Gasteiger partial charge is 0.247 e.